The van der Waals surface area contributed by atoms with Gasteiger partial charge in [0.05, 0.1) is 12.5 Å². The Hall–Kier alpha value is -5.89. The average Bonchev–Trinajstić information content (AvgIpc) is 3.44. The highest BCUT2D eigenvalue weighted by molar-refractivity contribution is 5.96. The molecule has 4 unspecified atom stereocenters. The molecule has 47 heavy (non-hydrogen) atoms. The summed E-state index contributed by atoms with van der Waals surface area (Å²) in [6.07, 6.45) is 0.645. The molecule has 0 bridgehead atoms. The summed E-state index contributed by atoms with van der Waals surface area (Å²) >= 11 is 0. The van der Waals surface area contributed by atoms with Gasteiger partial charge in [0.15, 0.2) is 0 Å². The quantitative estimate of drug-likeness (QED) is 0.0886. The molecule has 1 heterocycles. The van der Waals surface area contributed by atoms with Crippen LogP contribution < -0.4 is 21.7 Å². The van der Waals surface area contributed by atoms with Crippen LogP contribution in [0.3, 0.4) is 0 Å². The molecule has 10 N–H and O–H groups in total. The number of aliphatic carboxylic acids is 2. The summed E-state index contributed by atoms with van der Waals surface area (Å²) in [5, 5.41) is 46.6. The Morgan fingerprint density at radius 1 is 0.660 bits per heavy atom. The number of phenols is 2. The average molecular weight is 646 g/mol. The number of carboxylic acid groups (broad SMARTS) is 2. The number of hydrogen-bond donors (Lipinski definition) is 9. The first-order valence-electron chi connectivity index (χ1n) is 14.6. The first-order valence-corrected chi connectivity index (χ1v) is 14.6. The molecular weight excluding hydrogens is 610 g/mol. The Kier molecular flexibility index (Phi) is 11.1. The van der Waals surface area contributed by atoms with Crippen molar-refractivity contribution >= 4 is 40.6 Å². The third-order valence-electron chi connectivity index (χ3n) is 7.46. The molecule has 0 fully saturated rings. The van der Waals surface area contributed by atoms with E-state index in [2.05, 4.69) is 20.9 Å². The Morgan fingerprint density at radius 2 is 1.17 bits per heavy atom. The molecule has 0 aliphatic rings. The Labute approximate surface area is 268 Å². The molecule has 1 aromatic heterocycles. The molecule has 0 saturated carbocycles. The van der Waals surface area contributed by atoms with Crippen LogP contribution >= 0.6 is 0 Å². The number of amides is 3. The smallest absolute Gasteiger partial charge is 0.326 e. The molecule has 0 radical (unpaired) electrons. The fourth-order valence-corrected chi connectivity index (χ4v) is 4.98. The fraction of sp³-hybridized carbons (Fsp3) is 0.242. The van der Waals surface area contributed by atoms with Crippen molar-refractivity contribution in [3.8, 4) is 11.5 Å². The van der Waals surface area contributed by atoms with Crippen molar-refractivity contribution in [2.45, 2.75) is 49.9 Å². The maximum absolute atomic E-state index is 13.5. The summed E-state index contributed by atoms with van der Waals surface area (Å²) in [5.74, 6) is -5.54. The predicted molar refractivity (Wildman–Crippen MR) is 169 cm³/mol. The zero-order chi connectivity index (χ0) is 34.1. The van der Waals surface area contributed by atoms with Gasteiger partial charge in [0, 0.05) is 29.9 Å². The molecule has 4 rings (SSSR count). The van der Waals surface area contributed by atoms with E-state index in [9.17, 15) is 44.4 Å². The zero-order valence-corrected chi connectivity index (χ0v) is 25.1. The molecule has 4 aromatic rings. The van der Waals surface area contributed by atoms with E-state index < -0.39 is 60.2 Å². The van der Waals surface area contributed by atoms with Crippen LogP contribution in [-0.2, 0) is 43.2 Å². The second kappa shape index (κ2) is 15.4. The number of H-pyrrole nitrogens is 1. The van der Waals surface area contributed by atoms with Crippen molar-refractivity contribution in [2.24, 2.45) is 5.73 Å². The minimum absolute atomic E-state index is 0.0248. The number of carboxylic acids is 2. The molecule has 0 spiro atoms. The number of hydrogen-bond acceptors (Lipinski definition) is 8. The third kappa shape index (κ3) is 9.55. The highest BCUT2D eigenvalue weighted by Gasteiger charge is 2.32. The monoisotopic (exact) mass is 645 g/mol. The first kappa shape index (κ1) is 34.0. The van der Waals surface area contributed by atoms with Gasteiger partial charge in [-0.2, -0.15) is 0 Å². The van der Waals surface area contributed by atoms with Crippen molar-refractivity contribution in [1.82, 2.24) is 20.9 Å². The molecule has 0 saturated heterocycles. The van der Waals surface area contributed by atoms with Gasteiger partial charge in [0.25, 0.3) is 0 Å². The number of rotatable bonds is 15. The number of phenolic OH excluding ortho intramolecular Hbond substituents is 2. The zero-order valence-electron chi connectivity index (χ0n) is 25.1. The molecule has 14 nitrogen and oxygen atoms in total. The van der Waals surface area contributed by atoms with Gasteiger partial charge in [-0.25, -0.2) is 4.79 Å². The molecule has 14 heteroatoms. The van der Waals surface area contributed by atoms with E-state index in [1.807, 2.05) is 24.3 Å². The summed E-state index contributed by atoms with van der Waals surface area (Å²) in [6, 6.07) is 13.2. The third-order valence-corrected chi connectivity index (χ3v) is 7.46. The second-order valence-electron chi connectivity index (χ2n) is 11.0. The lowest BCUT2D eigenvalue weighted by Crippen LogP contribution is -2.58. The number of aromatic amines is 1. The van der Waals surface area contributed by atoms with Crippen LogP contribution in [0.1, 0.15) is 23.1 Å². The van der Waals surface area contributed by atoms with Crippen molar-refractivity contribution in [3.63, 3.8) is 0 Å². The number of fused-ring (bicyclic) bond motifs is 1. The summed E-state index contributed by atoms with van der Waals surface area (Å²) < 4.78 is 0. The van der Waals surface area contributed by atoms with Crippen LogP contribution in [-0.4, -0.2) is 79.2 Å². The number of aromatic nitrogens is 1. The number of carbonyl (C=O) groups is 5. The summed E-state index contributed by atoms with van der Waals surface area (Å²) in [5.41, 5.74) is 8.70. The Morgan fingerprint density at radius 3 is 1.74 bits per heavy atom. The lowest BCUT2D eigenvalue weighted by atomic mass is 10.0. The largest absolute Gasteiger partial charge is 0.508 e. The topological polar surface area (TPSA) is 244 Å². The van der Waals surface area contributed by atoms with Crippen molar-refractivity contribution < 1.29 is 44.4 Å². The number of benzene rings is 3. The van der Waals surface area contributed by atoms with Crippen LogP contribution in [0.4, 0.5) is 0 Å². The van der Waals surface area contributed by atoms with E-state index in [0.717, 1.165) is 16.5 Å². The van der Waals surface area contributed by atoms with Gasteiger partial charge in [-0.3, -0.25) is 19.2 Å². The summed E-state index contributed by atoms with van der Waals surface area (Å²) in [7, 11) is 0. The number of nitrogens with one attached hydrogen (secondary N) is 4. The fourth-order valence-electron chi connectivity index (χ4n) is 4.98. The normalized spacial score (nSPS) is 13.6. The van der Waals surface area contributed by atoms with Crippen LogP contribution in [0.25, 0.3) is 10.9 Å². The highest BCUT2D eigenvalue weighted by Crippen LogP contribution is 2.19. The first-order chi connectivity index (χ1) is 22.4. The number of carbonyl (C=O) groups excluding carboxylic acids is 3. The Balaban J connectivity index is 1.50. The predicted octanol–water partition coefficient (Wildman–Crippen LogP) is 0.948. The number of para-hydroxylation sites is 1. The van der Waals surface area contributed by atoms with E-state index in [0.29, 0.717) is 11.1 Å². The van der Waals surface area contributed by atoms with Gasteiger partial charge in [-0.1, -0.05) is 42.5 Å². The standard InChI is InChI=1S/C33H35N5O9/c34-24(15-20-17-35-25-4-2-1-3-23(20)25)30(43)36-27(16-29(41)42)32(45)37-26(13-18-5-9-21(39)10-6-18)31(44)38-28(33(46)47)14-19-7-11-22(40)12-8-19/h1-12,17,24,26-28,35,39-40H,13-16,34H2,(H,36,43)(H,37,45)(H,38,44)(H,41,42)(H,46,47). The molecule has 0 aliphatic carbocycles. The van der Waals surface area contributed by atoms with Crippen molar-refractivity contribution in [3.05, 3.63) is 95.7 Å². The van der Waals surface area contributed by atoms with E-state index in [1.54, 1.807) is 6.20 Å². The van der Waals surface area contributed by atoms with Gasteiger partial charge >= 0.3 is 11.9 Å². The molecule has 3 amide bonds. The SMILES string of the molecule is NC(Cc1c[nH]c2ccccc12)C(=O)NC(CC(=O)O)C(=O)NC(Cc1ccc(O)cc1)C(=O)NC(Cc1ccc(O)cc1)C(=O)O. The molecule has 246 valence electrons. The lowest BCUT2D eigenvalue weighted by Gasteiger charge is -2.25. The minimum atomic E-state index is -1.63. The maximum Gasteiger partial charge on any atom is 0.326 e. The summed E-state index contributed by atoms with van der Waals surface area (Å²) in [6.45, 7) is 0. The highest BCUT2D eigenvalue weighted by atomic mass is 16.4. The van der Waals surface area contributed by atoms with Crippen molar-refractivity contribution in [2.75, 3.05) is 0 Å². The number of nitrogens with two attached hydrogens (primary N) is 1. The van der Waals surface area contributed by atoms with Crippen LogP contribution in [0.15, 0.2) is 79.0 Å². The van der Waals surface area contributed by atoms with Crippen molar-refractivity contribution in [1.29, 1.82) is 0 Å². The van der Waals surface area contributed by atoms with E-state index in [-0.39, 0.29) is 30.8 Å². The van der Waals surface area contributed by atoms with Crippen LogP contribution in [0.5, 0.6) is 11.5 Å². The van der Waals surface area contributed by atoms with E-state index in [4.69, 9.17) is 5.73 Å². The van der Waals surface area contributed by atoms with Crippen LogP contribution in [0.2, 0.25) is 0 Å². The van der Waals surface area contributed by atoms with Gasteiger partial charge in [-0.15, -0.1) is 0 Å². The van der Waals surface area contributed by atoms with Gasteiger partial charge < -0.3 is 47.1 Å². The molecule has 3 aromatic carbocycles. The van der Waals surface area contributed by atoms with Gasteiger partial charge in [0.1, 0.15) is 29.6 Å². The molecule has 4 atom stereocenters. The van der Waals surface area contributed by atoms with E-state index in [1.165, 1.54) is 48.5 Å². The summed E-state index contributed by atoms with van der Waals surface area (Å²) in [4.78, 5) is 66.8. The minimum Gasteiger partial charge on any atom is -0.508 e. The lowest BCUT2D eigenvalue weighted by molar-refractivity contribution is -0.143. The van der Waals surface area contributed by atoms with E-state index >= 15 is 0 Å². The van der Waals surface area contributed by atoms with Gasteiger partial charge in [-0.05, 0) is 53.4 Å². The molecular formula is C33H35N5O9. The molecule has 0 aliphatic heterocycles. The maximum atomic E-state index is 13.5. The van der Waals surface area contributed by atoms with Gasteiger partial charge in [0.2, 0.25) is 17.7 Å². The number of aromatic hydroxyl groups is 2. The van der Waals surface area contributed by atoms with Crippen LogP contribution in [0, 0.1) is 0 Å². The second-order valence-corrected chi connectivity index (χ2v) is 11.0. The Bertz CT molecular complexity index is 1740.